The van der Waals surface area contributed by atoms with Gasteiger partial charge in [-0.05, 0) is 0 Å². The van der Waals surface area contributed by atoms with Crippen molar-refractivity contribution >= 4 is 17.5 Å². The molecule has 0 fully saturated rings. The Kier molecular flexibility index (Phi) is 9.52. The molecule has 0 aromatic rings. The molecule has 0 aromatic heterocycles. The monoisotopic (exact) mass is 190 g/mol. The third kappa shape index (κ3) is 4.93. The van der Waals surface area contributed by atoms with E-state index in [0.717, 1.165) is 0 Å². The SMILES string of the molecule is C=CCN(CC=C)C(=O)CCl.N. The standard InChI is InChI=1S/C8H12ClNO.H3N/c1-3-5-10(6-4-2)8(11)7-9;/h3-4H,1-2,5-7H2;1H3. The van der Waals surface area contributed by atoms with E-state index in [9.17, 15) is 4.79 Å². The lowest BCUT2D eigenvalue weighted by molar-refractivity contribution is -0.127. The number of hydrogen-bond donors (Lipinski definition) is 1. The molecule has 0 saturated carbocycles. The van der Waals surface area contributed by atoms with Gasteiger partial charge in [-0.15, -0.1) is 24.8 Å². The van der Waals surface area contributed by atoms with Crippen LogP contribution in [0.3, 0.4) is 0 Å². The topological polar surface area (TPSA) is 55.3 Å². The largest absolute Gasteiger partial charge is 0.344 e. The van der Waals surface area contributed by atoms with Crippen LogP contribution in [0.25, 0.3) is 0 Å². The summed E-state index contributed by atoms with van der Waals surface area (Å²) in [6.07, 6.45) is 3.32. The number of rotatable bonds is 5. The lowest BCUT2D eigenvalue weighted by Crippen LogP contribution is -2.32. The summed E-state index contributed by atoms with van der Waals surface area (Å²) in [4.78, 5) is 12.6. The van der Waals surface area contributed by atoms with Crippen molar-refractivity contribution in [1.82, 2.24) is 11.1 Å². The van der Waals surface area contributed by atoms with E-state index >= 15 is 0 Å². The molecule has 0 bridgehead atoms. The van der Waals surface area contributed by atoms with Gasteiger partial charge in [0.1, 0.15) is 5.88 Å². The van der Waals surface area contributed by atoms with Crippen LogP contribution >= 0.6 is 11.6 Å². The maximum atomic E-state index is 11.0. The van der Waals surface area contributed by atoms with E-state index in [-0.39, 0.29) is 17.9 Å². The van der Waals surface area contributed by atoms with Gasteiger partial charge in [0.05, 0.1) is 0 Å². The van der Waals surface area contributed by atoms with Crippen LogP contribution in [0.2, 0.25) is 0 Å². The molecule has 70 valence electrons. The zero-order valence-electron chi connectivity index (χ0n) is 7.13. The van der Waals surface area contributed by atoms with E-state index in [4.69, 9.17) is 11.6 Å². The minimum atomic E-state index is -0.0912. The van der Waals surface area contributed by atoms with Crippen molar-refractivity contribution in [2.75, 3.05) is 19.0 Å². The first-order valence-electron chi connectivity index (χ1n) is 3.31. The first-order chi connectivity index (χ1) is 5.26. The fourth-order valence-electron chi connectivity index (χ4n) is 0.674. The van der Waals surface area contributed by atoms with Crippen molar-refractivity contribution in [3.63, 3.8) is 0 Å². The van der Waals surface area contributed by atoms with Gasteiger partial charge in [0.2, 0.25) is 5.91 Å². The summed E-state index contributed by atoms with van der Waals surface area (Å²) >= 11 is 5.36. The Bertz CT molecular complexity index is 149. The fourth-order valence-corrected chi connectivity index (χ4v) is 0.843. The molecule has 4 heteroatoms. The summed E-state index contributed by atoms with van der Waals surface area (Å²) in [6.45, 7) is 8.11. The van der Waals surface area contributed by atoms with E-state index in [2.05, 4.69) is 13.2 Å². The van der Waals surface area contributed by atoms with Crippen LogP contribution in [-0.2, 0) is 4.79 Å². The summed E-state index contributed by atoms with van der Waals surface area (Å²) in [7, 11) is 0. The number of carbonyl (C=O) groups is 1. The minimum Gasteiger partial charge on any atom is -0.344 e. The number of alkyl halides is 1. The Hall–Kier alpha value is -0.800. The first kappa shape index (κ1) is 13.8. The van der Waals surface area contributed by atoms with Crippen molar-refractivity contribution in [1.29, 1.82) is 0 Å². The average molecular weight is 191 g/mol. The summed E-state index contributed by atoms with van der Waals surface area (Å²) in [5.74, 6) is -0.0757. The van der Waals surface area contributed by atoms with Crippen molar-refractivity contribution in [3.05, 3.63) is 25.3 Å². The van der Waals surface area contributed by atoms with E-state index in [0.29, 0.717) is 13.1 Å². The van der Waals surface area contributed by atoms with Gasteiger partial charge >= 0.3 is 0 Å². The molecule has 3 N–H and O–H groups in total. The normalized spacial score (nSPS) is 8.08. The molecule has 0 unspecified atom stereocenters. The minimum absolute atomic E-state index is 0. The number of amides is 1. The van der Waals surface area contributed by atoms with Crippen LogP contribution in [0.4, 0.5) is 0 Å². The van der Waals surface area contributed by atoms with Gasteiger partial charge in [0.25, 0.3) is 0 Å². The lowest BCUT2D eigenvalue weighted by Gasteiger charge is -2.17. The predicted octanol–water partition coefficient (Wildman–Crippen LogP) is 1.59. The Balaban J connectivity index is 0. The number of hydrogen-bond acceptors (Lipinski definition) is 2. The highest BCUT2D eigenvalue weighted by molar-refractivity contribution is 6.27. The molecule has 0 aliphatic carbocycles. The lowest BCUT2D eigenvalue weighted by atomic mass is 10.4. The van der Waals surface area contributed by atoms with E-state index in [1.54, 1.807) is 17.1 Å². The molecule has 0 atom stereocenters. The van der Waals surface area contributed by atoms with Gasteiger partial charge in [0.15, 0.2) is 0 Å². The molecule has 0 rings (SSSR count). The van der Waals surface area contributed by atoms with Crippen molar-refractivity contribution in [2.24, 2.45) is 0 Å². The van der Waals surface area contributed by atoms with E-state index in [1.165, 1.54) is 0 Å². The molecule has 0 radical (unpaired) electrons. The molecule has 0 spiro atoms. The van der Waals surface area contributed by atoms with Gasteiger partial charge in [-0.3, -0.25) is 4.79 Å². The smallest absolute Gasteiger partial charge is 0.238 e. The first-order valence-corrected chi connectivity index (χ1v) is 3.85. The van der Waals surface area contributed by atoms with E-state index < -0.39 is 0 Å². The second-order valence-corrected chi connectivity index (χ2v) is 2.28. The zero-order chi connectivity index (χ0) is 8.69. The highest BCUT2D eigenvalue weighted by atomic mass is 35.5. The van der Waals surface area contributed by atoms with Crippen molar-refractivity contribution in [2.45, 2.75) is 0 Å². The van der Waals surface area contributed by atoms with Crippen LogP contribution in [0.15, 0.2) is 25.3 Å². The second kappa shape index (κ2) is 8.30. The van der Waals surface area contributed by atoms with Crippen LogP contribution in [0, 0.1) is 0 Å². The molecule has 0 aliphatic rings. The third-order valence-electron chi connectivity index (χ3n) is 1.17. The molecule has 3 nitrogen and oxygen atoms in total. The quantitative estimate of drug-likeness (QED) is 0.529. The highest BCUT2D eigenvalue weighted by Gasteiger charge is 2.07. The summed E-state index contributed by atoms with van der Waals surface area (Å²) in [6, 6.07) is 0. The number of nitrogens with zero attached hydrogens (tertiary/aromatic N) is 1. The van der Waals surface area contributed by atoms with Gasteiger partial charge in [-0.2, -0.15) is 0 Å². The maximum absolute atomic E-state index is 11.0. The van der Waals surface area contributed by atoms with Gasteiger partial charge < -0.3 is 11.1 Å². The molecule has 1 amide bonds. The predicted molar refractivity (Wildman–Crippen MR) is 52.7 cm³/mol. The Morgan fingerprint density at radius 1 is 1.33 bits per heavy atom. The summed E-state index contributed by atoms with van der Waals surface area (Å²) < 4.78 is 0. The van der Waals surface area contributed by atoms with Crippen molar-refractivity contribution < 1.29 is 4.79 Å². The van der Waals surface area contributed by atoms with Crippen LogP contribution in [-0.4, -0.2) is 29.8 Å². The summed E-state index contributed by atoms with van der Waals surface area (Å²) in [5.41, 5.74) is 0. The molecule has 0 aromatic carbocycles. The van der Waals surface area contributed by atoms with Gasteiger partial charge in [-0.1, -0.05) is 12.2 Å². The van der Waals surface area contributed by atoms with Gasteiger partial charge in [-0.25, -0.2) is 0 Å². The summed E-state index contributed by atoms with van der Waals surface area (Å²) in [5, 5.41) is 0. The Morgan fingerprint density at radius 3 is 2.00 bits per heavy atom. The van der Waals surface area contributed by atoms with Gasteiger partial charge in [0, 0.05) is 13.1 Å². The van der Waals surface area contributed by atoms with Crippen LogP contribution < -0.4 is 6.15 Å². The highest BCUT2D eigenvalue weighted by Crippen LogP contribution is 1.92. The molecule has 0 heterocycles. The fraction of sp³-hybridized carbons (Fsp3) is 0.375. The van der Waals surface area contributed by atoms with E-state index in [1.807, 2.05) is 0 Å². The van der Waals surface area contributed by atoms with Crippen molar-refractivity contribution in [3.8, 4) is 0 Å². The maximum Gasteiger partial charge on any atom is 0.238 e. The Morgan fingerprint density at radius 2 is 1.75 bits per heavy atom. The van der Waals surface area contributed by atoms with Crippen LogP contribution in [0.5, 0.6) is 0 Å². The Labute approximate surface area is 78.3 Å². The third-order valence-corrected chi connectivity index (χ3v) is 1.39. The molecule has 0 saturated heterocycles. The molecule has 0 aliphatic heterocycles. The zero-order valence-corrected chi connectivity index (χ0v) is 7.89. The van der Waals surface area contributed by atoms with Crippen LogP contribution in [0.1, 0.15) is 0 Å². The second-order valence-electron chi connectivity index (χ2n) is 2.01. The molecular formula is C8H15ClN2O. The average Bonchev–Trinajstić information content (AvgIpc) is 2.03. The number of carbonyl (C=O) groups excluding carboxylic acids is 1. The molecular weight excluding hydrogens is 176 g/mol. The number of halogens is 1. The molecule has 12 heavy (non-hydrogen) atoms.